The zero-order chi connectivity index (χ0) is 26.7. The van der Waals surface area contributed by atoms with Gasteiger partial charge in [0.15, 0.2) is 6.29 Å². The van der Waals surface area contributed by atoms with Crippen molar-refractivity contribution in [2.75, 3.05) is 19.8 Å². The van der Waals surface area contributed by atoms with Gasteiger partial charge in [-0.15, -0.1) is 0 Å². The Morgan fingerprint density at radius 1 is 1.00 bits per heavy atom. The van der Waals surface area contributed by atoms with E-state index in [0.717, 1.165) is 16.5 Å². The van der Waals surface area contributed by atoms with E-state index in [4.69, 9.17) is 18.9 Å². The molecule has 2 aliphatic rings. The Morgan fingerprint density at radius 3 is 2.46 bits per heavy atom. The number of hydrogen-bond acceptors (Lipinski definition) is 12. The molecule has 0 saturated carbocycles. The van der Waals surface area contributed by atoms with Gasteiger partial charge in [-0.3, -0.25) is 4.79 Å². The molecular weight excluding hydrogens is 494 g/mol. The van der Waals surface area contributed by atoms with Crippen LogP contribution < -0.4 is 0 Å². The number of benzene rings is 1. The number of aliphatic hydroxyl groups excluding tert-OH is 7. The van der Waals surface area contributed by atoms with Crippen molar-refractivity contribution in [3.63, 3.8) is 0 Å². The smallest absolute Gasteiger partial charge is 0.305 e. The summed E-state index contributed by atoms with van der Waals surface area (Å²) in [6.45, 7) is -2.17. The molecule has 4 rings (SSSR count). The van der Waals surface area contributed by atoms with E-state index in [0.29, 0.717) is 12.8 Å². The largest absolute Gasteiger partial charge is 0.463 e. The van der Waals surface area contributed by atoms with Crippen molar-refractivity contribution in [1.29, 1.82) is 0 Å². The summed E-state index contributed by atoms with van der Waals surface area (Å²) in [5.74, 6) is -2.85. The molecule has 9 atom stereocenters. The molecule has 37 heavy (non-hydrogen) atoms. The number of esters is 1. The van der Waals surface area contributed by atoms with Crippen LogP contribution in [0.1, 0.15) is 18.4 Å². The van der Waals surface area contributed by atoms with Gasteiger partial charge >= 0.3 is 5.97 Å². The maximum absolute atomic E-state index is 12.3. The number of carbonyl (C=O) groups excluding carboxylic acids is 1. The van der Waals surface area contributed by atoms with Crippen LogP contribution in [-0.4, -0.2) is 121 Å². The predicted molar refractivity (Wildman–Crippen MR) is 124 cm³/mol. The standard InChI is InChI=1S/C24H33NO12/c26-9-15-19(30)22(33)24(11-27,36-15)37-23-21(32)20(31)18(29)16(35-23)10-34-17(28)7-3-4-12-8-25-14-6-2-1-5-13(12)14/h1-2,5-6,8,15-16,18-23,25-27,29-33H,3-4,7,9-11H2/t15-,16-,18-,19-,20+,21-,22+,23-,24+/m1/s1. The summed E-state index contributed by atoms with van der Waals surface area (Å²) >= 11 is 0. The van der Waals surface area contributed by atoms with Crippen molar-refractivity contribution in [3.05, 3.63) is 36.0 Å². The van der Waals surface area contributed by atoms with Gasteiger partial charge in [0.1, 0.15) is 55.9 Å². The number of ether oxygens (including phenoxy) is 4. The first kappa shape index (κ1) is 27.9. The Kier molecular flexibility index (Phi) is 8.81. The van der Waals surface area contributed by atoms with Crippen molar-refractivity contribution in [2.24, 2.45) is 0 Å². The lowest BCUT2D eigenvalue weighted by Gasteiger charge is -2.43. The highest BCUT2D eigenvalue weighted by atomic mass is 16.8. The fraction of sp³-hybridized carbons (Fsp3) is 0.625. The second kappa shape index (κ2) is 11.7. The van der Waals surface area contributed by atoms with Crippen LogP contribution in [0.5, 0.6) is 0 Å². The maximum atomic E-state index is 12.3. The fourth-order valence-electron chi connectivity index (χ4n) is 4.63. The number of H-pyrrole nitrogens is 1. The monoisotopic (exact) mass is 527 g/mol. The van der Waals surface area contributed by atoms with Crippen LogP contribution in [0.4, 0.5) is 0 Å². The number of fused-ring (bicyclic) bond motifs is 1. The first-order chi connectivity index (χ1) is 17.7. The molecule has 0 radical (unpaired) electrons. The number of aromatic nitrogens is 1. The van der Waals surface area contributed by atoms with E-state index in [1.54, 1.807) is 0 Å². The molecule has 0 bridgehead atoms. The molecule has 1 aromatic carbocycles. The number of nitrogens with one attached hydrogen (secondary N) is 1. The summed E-state index contributed by atoms with van der Waals surface area (Å²) in [7, 11) is 0. The minimum absolute atomic E-state index is 0.0848. The molecular formula is C24H33NO12. The van der Waals surface area contributed by atoms with E-state index in [1.165, 1.54) is 0 Å². The third-order valence-electron chi connectivity index (χ3n) is 6.80. The van der Waals surface area contributed by atoms with Crippen molar-refractivity contribution in [3.8, 4) is 0 Å². The van der Waals surface area contributed by atoms with E-state index in [2.05, 4.69) is 4.98 Å². The molecule has 2 saturated heterocycles. The lowest BCUT2D eigenvalue weighted by atomic mass is 9.99. The Labute approximate surface area is 211 Å². The highest BCUT2D eigenvalue weighted by Gasteiger charge is 2.58. The van der Waals surface area contributed by atoms with Crippen LogP contribution in [0.3, 0.4) is 0 Å². The van der Waals surface area contributed by atoms with Gasteiger partial charge in [0.25, 0.3) is 0 Å². The molecule has 2 aliphatic heterocycles. The van der Waals surface area contributed by atoms with E-state index >= 15 is 0 Å². The van der Waals surface area contributed by atoms with Gasteiger partial charge in [-0.1, -0.05) is 18.2 Å². The second-order valence-electron chi connectivity index (χ2n) is 9.27. The molecule has 0 amide bonds. The topological polar surface area (TPSA) is 211 Å². The molecule has 2 fully saturated rings. The van der Waals surface area contributed by atoms with E-state index < -0.39 is 80.6 Å². The molecule has 3 heterocycles. The normalized spacial score (nSPS) is 36.2. The second-order valence-corrected chi connectivity index (χ2v) is 9.27. The van der Waals surface area contributed by atoms with Gasteiger partial charge in [0.05, 0.1) is 6.61 Å². The zero-order valence-electron chi connectivity index (χ0n) is 19.9. The average molecular weight is 528 g/mol. The molecule has 13 heteroatoms. The zero-order valence-corrected chi connectivity index (χ0v) is 19.9. The lowest BCUT2D eigenvalue weighted by molar-refractivity contribution is -0.383. The molecule has 13 nitrogen and oxygen atoms in total. The van der Waals surface area contributed by atoms with E-state index in [1.807, 2.05) is 30.5 Å². The Balaban J connectivity index is 1.31. The number of aryl methyl sites for hydroxylation is 1. The third-order valence-corrected chi connectivity index (χ3v) is 6.80. The highest BCUT2D eigenvalue weighted by molar-refractivity contribution is 5.83. The van der Waals surface area contributed by atoms with Gasteiger partial charge in [-0.05, 0) is 24.5 Å². The minimum Gasteiger partial charge on any atom is -0.463 e. The highest BCUT2D eigenvalue weighted by Crippen LogP contribution is 2.36. The number of rotatable bonds is 10. The van der Waals surface area contributed by atoms with Crippen LogP contribution in [-0.2, 0) is 30.2 Å². The minimum atomic E-state index is -2.29. The van der Waals surface area contributed by atoms with Crippen LogP contribution in [0.15, 0.2) is 30.5 Å². The number of hydrogen-bond donors (Lipinski definition) is 8. The fourth-order valence-corrected chi connectivity index (χ4v) is 4.63. The third kappa shape index (κ3) is 5.66. The molecule has 2 aromatic rings. The van der Waals surface area contributed by atoms with Crippen LogP contribution in [0.2, 0.25) is 0 Å². The average Bonchev–Trinajstić information content (AvgIpc) is 3.42. The van der Waals surface area contributed by atoms with Crippen molar-refractivity contribution in [2.45, 2.75) is 74.1 Å². The van der Waals surface area contributed by atoms with Gasteiger partial charge < -0.3 is 59.7 Å². The van der Waals surface area contributed by atoms with Crippen molar-refractivity contribution < 1.29 is 59.5 Å². The number of carbonyl (C=O) groups is 1. The maximum Gasteiger partial charge on any atom is 0.305 e. The molecule has 0 aliphatic carbocycles. The molecule has 0 spiro atoms. The summed E-state index contributed by atoms with van der Waals surface area (Å²) in [5, 5.41) is 71.4. The first-order valence-electron chi connectivity index (χ1n) is 12.0. The lowest BCUT2D eigenvalue weighted by Crippen LogP contribution is -2.62. The van der Waals surface area contributed by atoms with Crippen LogP contribution in [0, 0.1) is 0 Å². The van der Waals surface area contributed by atoms with Gasteiger partial charge in [-0.2, -0.15) is 0 Å². The quantitative estimate of drug-likeness (QED) is 0.153. The molecule has 8 N–H and O–H groups in total. The van der Waals surface area contributed by atoms with E-state index in [9.17, 15) is 40.5 Å². The van der Waals surface area contributed by atoms with Crippen molar-refractivity contribution in [1.82, 2.24) is 4.98 Å². The number of aliphatic hydroxyl groups is 7. The SMILES string of the molecule is O=C(CCCc1c[nH]c2ccccc12)OC[C@H]1O[C@H](O[C@]2(CO)O[C@H](CO)[C@@H](O)[C@@H]2O)[C@H](O)[C@@H](O)[C@@H]1O. The van der Waals surface area contributed by atoms with Crippen LogP contribution in [0.25, 0.3) is 10.9 Å². The van der Waals surface area contributed by atoms with Gasteiger partial charge in [-0.25, -0.2) is 0 Å². The van der Waals surface area contributed by atoms with Gasteiger partial charge in [0, 0.05) is 23.5 Å². The summed E-state index contributed by atoms with van der Waals surface area (Å²) in [5.41, 5.74) is 2.06. The predicted octanol–water partition coefficient (Wildman–Crippen LogP) is -2.34. The Hall–Kier alpha value is -2.17. The van der Waals surface area contributed by atoms with E-state index in [-0.39, 0.29) is 6.42 Å². The molecule has 1 aromatic heterocycles. The van der Waals surface area contributed by atoms with Gasteiger partial charge in [0.2, 0.25) is 5.79 Å². The summed E-state index contributed by atoms with van der Waals surface area (Å²) < 4.78 is 21.4. The summed E-state index contributed by atoms with van der Waals surface area (Å²) in [4.78, 5) is 15.5. The molecule has 0 unspecified atom stereocenters. The first-order valence-corrected chi connectivity index (χ1v) is 12.0. The van der Waals surface area contributed by atoms with Crippen LogP contribution >= 0.6 is 0 Å². The molecule has 206 valence electrons. The Morgan fingerprint density at radius 2 is 1.76 bits per heavy atom. The number of aromatic amines is 1. The summed E-state index contributed by atoms with van der Waals surface area (Å²) in [6.07, 6.45) is -9.99. The number of para-hydroxylation sites is 1. The Bertz CT molecular complexity index is 1050. The summed E-state index contributed by atoms with van der Waals surface area (Å²) in [6, 6.07) is 7.80. The van der Waals surface area contributed by atoms with Crippen molar-refractivity contribution >= 4 is 16.9 Å².